The third-order valence-corrected chi connectivity index (χ3v) is 0. The fraction of sp³-hybridized carbons (Fsp3) is 0. The Kier molecular flexibility index (Phi) is 72.5. The molecule has 0 atom stereocenters. The van der Waals surface area contributed by atoms with Crippen molar-refractivity contribution in [3.05, 3.63) is 0 Å². The fourth-order valence-corrected chi connectivity index (χ4v) is 0. The van der Waals surface area contributed by atoms with Crippen molar-refractivity contribution in [2.24, 2.45) is 0 Å². The van der Waals surface area contributed by atoms with E-state index < -0.39 is 18.5 Å². The minimum Gasteiger partial charge on any atom is -0.450 e. The van der Waals surface area contributed by atoms with Gasteiger partial charge in [0.1, 0.15) is 0 Å². The summed E-state index contributed by atoms with van der Waals surface area (Å²) in [6.07, 6.45) is -5.50. The molecule has 90 valence electrons. The normalized spacial score (nSPS) is 4.80. The molecule has 0 aromatic rings. The average molecular weight is 262 g/mol. The Morgan fingerprint density at radius 1 is 0.533 bits per heavy atom. The molecule has 6 N–H and O–H groups in total. The van der Waals surface area contributed by atoms with Crippen molar-refractivity contribution >= 4 is 53.2 Å². The van der Waals surface area contributed by atoms with Crippen LogP contribution in [-0.2, 0) is 5.48 Å². The Balaban J connectivity index is -0.0000000184. The monoisotopic (exact) mass is 262 g/mol. The van der Waals surface area contributed by atoms with Gasteiger partial charge in [-0.2, -0.15) is 0 Å². The van der Waals surface area contributed by atoms with Gasteiger partial charge >= 0.3 is 18.5 Å². The number of carboxylic acid groups (broad SMARTS) is 6. The first-order chi connectivity index (χ1) is 5.20. The van der Waals surface area contributed by atoms with E-state index in [0.717, 1.165) is 0 Å². The molecule has 0 saturated carbocycles. The minimum atomic E-state index is -1.83. The highest BCUT2D eigenvalue weighted by molar-refractivity contribution is 5.76. The molecule has 12 heteroatoms. The predicted octanol–water partition coefficient (Wildman–Crippen LogP) is -1.82. The second-order valence-electron chi connectivity index (χ2n) is 0.848. The van der Waals surface area contributed by atoms with Crippen LogP contribution in [0, 0.1) is 0 Å². The summed E-state index contributed by atoms with van der Waals surface area (Å²) < 4.78 is 0. The van der Waals surface area contributed by atoms with Gasteiger partial charge in [-0.1, -0.05) is 0 Å². The smallest absolute Gasteiger partial charge is 0.450 e. The fourth-order valence-electron chi connectivity index (χ4n) is 0. The molecule has 0 unspecified atom stereocenters. The van der Waals surface area contributed by atoms with Crippen molar-refractivity contribution < 1.29 is 50.5 Å². The number of carbonyl (C=O) groups is 3. The van der Waals surface area contributed by atoms with Crippen LogP contribution >= 0.6 is 0 Å². The summed E-state index contributed by atoms with van der Waals surface area (Å²) >= 11 is 0. The Hall–Kier alpha value is -1.17. The van der Waals surface area contributed by atoms with E-state index in [9.17, 15) is 0 Å². The van der Waals surface area contributed by atoms with Gasteiger partial charge in [0, 0.05) is 5.48 Å². The highest BCUT2D eigenvalue weighted by Crippen LogP contribution is 1.43. The van der Waals surface area contributed by atoms with Crippen molar-refractivity contribution in [2.45, 2.75) is 0 Å². The van der Waals surface area contributed by atoms with Gasteiger partial charge < -0.3 is 30.6 Å². The molecular weight excluding hydrogens is 250 g/mol. The SMILES string of the molecule is O=C(O)O.O=C(O)O.O=C(O)O.[AlH3].[AlH3].[O]. The van der Waals surface area contributed by atoms with E-state index in [1.165, 1.54) is 0 Å². The lowest BCUT2D eigenvalue weighted by atomic mass is 11.5. The summed E-state index contributed by atoms with van der Waals surface area (Å²) in [6, 6.07) is 0. The topological polar surface area (TPSA) is 201 Å². The standard InChI is InChI=1S/3CH2O3.2Al.O.6H/c3*2-1(3)4;;;;;;;;;/h3*(H2,2,3,4);;;;;;;;;. The van der Waals surface area contributed by atoms with E-state index in [0.29, 0.717) is 0 Å². The molecule has 0 aliphatic heterocycles. The third kappa shape index (κ3) is 1110. The summed E-state index contributed by atoms with van der Waals surface area (Å²) in [5.41, 5.74) is 0. The minimum absolute atomic E-state index is 0. The van der Waals surface area contributed by atoms with Crippen LogP contribution in [0.2, 0.25) is 0 Å². The van der Waals surface area contributed by atoms with Crippen molar-refractivity contribution in [1.82, 2.24) is 0 Å². The van der Waals surface area contributed by atoms with Gasteiger partial charge in [0.15, 0.2) is 34.7 Å². The molecule has 0 spiro atoms. The number of rotatable bonds is 0. The quantitative estimate of drug-likeness (QED) is 0.271. The van der Waals surface area contributed by atoms with E-state index in [2.05, 4.69) is 0 Å². The van der Waals surface area contributed by atoms with E-state index >= 15 is 0 Å². The molecule has 0 aliphatic carbocycles. The molecule has 2 radical (unpaired) electrons. The maximum Gasteiger partial charge on any atom is 0.503 e. The lowest BCUT2D eigenvalue weighted by Gasteiger charge is -1.60. The van der Waals surface area contributed by atoms with Crippen LogP contribution in [0.15, 0.2) is 0 Å². The van der Waals surface area contributed by atoms with E-state index in [4.69, 9.17) is 45.0 Å². The molecule has 0 aromatic carbocycles. The van der Waals surface area contributed by atoms with E-state index in [-0.39, 0.29) is 40.2 Å². The summed E-state index contributed by atoms with van der Waals surface area (Å²) in [5.74, 6) is 0. The second kappa shape index (κ2) is 29.3. The molecule has 0 rings (SSSR count). The second-order valence-corrected chi connectivity index (χ2v) is 0.848. The van der Waals surface area contributed by atoms with Gasteiger partial charge in [-0.05, 0) is 0 Å². The van der Waals surface area contributed by atoms with Crippen LogP contribution in [0.25, 0.3) is 0 Å². The zero-order valence-electron chi connectivity index (χ0n) is 5.82. The summed E-state index contributed by atoms with van der Waals surface area (Å²) in [6.45, 7) is 0. The lowest BCUT2D eigenvalue weighted by molar-refractivity contribution is 0.135. The first-order valence-electron chi connectivity index (χ1n) is 1.95. The van der Waals surface area contributed by atoms with Crippen LogP contribution in [0.4, 0.5) is 14.4 Å². The van der Waals surface area contributed by atoms with Gasteiger partial charge in [0.25, 0.3) is 0 Å². The zero-order valence-corrected chi connectivity index (χ0v) is 5.82. The van der Waals surface area contributed by atoms with Gasteiger partial charge in [-0.25, -0.2) is 14.4 Å². The van der Waals surface area contributed by atoms with Crippen molar-refractivity contribution in [3.63, 3.8) is 0 Å². The van der Waals surface area contributed by atoms with E-state index in [1.807, 2.05) is 0 Å². The number of hydrogen-bond acceptors (Lipinski definition) is 3. The molecular formula is C3H12Al2O10. The van der Waals surface area contributed by atoms with E-state index in [1.54, 1.807) is 0 Å². The molecule has 0 saturated heterocycles. The van der Waals surface area contributed by atoms with Crippen molar-refractivity contribution in [1.29, 1.82) is 0 Å². The average Bonchev–Trinajstić information content (AvgIpc) is 1.54. The Bertz CT molecular complexity index is 116. The Morgan fingerprint density at radius 2 is 0.533 bits per heavy atom. The highest BCUT2D eigenvalue weighted by atomic mass is 27.0. The molecule has 0 fully saturated rings. The lowest BCUT2D eigenvalue weighted by Crippen LogP contribution is -1.81. The van der Waals surface area contributed by atoms with Crippen LogP contribution in [0.5, 0.6) is 0 Å². The zero-order chi connectivity index (χ0) is 10.7. The first-order valence-corrected chi connectivity index (χ1v) is 1.95. The molecule has 15 heavy (non-hydrogen) atoms. The predicted molar refractivity (Wildman–Crippen MR) is 52.5 cm³/mol. The molecule has 0 bridgehead atoms. The van der Waals surface area contributed by atoms with Crippen LogP contribution in [-0.4, -0.2) is 83.8 Å². The summed E-state index contributed by atoms with van der Waals surface area (Å²) in [4.78, 5) is 25.7. The maximum absolute atomic E-state index is 8.56. The van der Waals surface area contributed by atoms with Gasteiger partial charge in [-0.15, -0.1) is 0 Å². The maximum atomic E-state index is 8.56. The van der Waals surface area contributed by atoms with Crippen LogP contribution in [0.1, 0.15) is 0 Å². The summed E-state index contributed by atoms with van der Waals surface area (Å²) in [5, 5.41) is 41.8. The third-order valence-electron chi connectivity index (χ3n) is 0. The van der Waals surface area contributed by atoms with Crippen molar-refractivity contribution in [2.75, 3.05) is 0 Å². The molecule has 10 nitrogen and oxygen atoms in total. The first kappa shape index (κ1) is 37.1. The van der Waals surface area contributed by atoms with Crippen LogP contribution in [0.3, 0.4) is 0 Å². The molecule has 0 aliphatic rings. The summed E-state index contributed by atoms with van der Waals surface area (Å²) in [7, 11) is 0. The molecule has 0 heterocycles. The van der Waals surface area contributed by atoms with Gasteiger partial charge in [0.2, 0.25) is 0 Å². The van der Waals surface area contributed by atoms with Gasteiger partial charge in [0.05, 0.1) is 0 Å². The van der Waals surface area contributed by atoms with Crippen LogP contribution < -0.4 is 0 Å². The highest BCUT2D eigenvalue weighted by Gasteiger charge is 1.70. The Labute approximate surface area is 104 Å². The molecule has 0 aromatic heterocycles. The Morgan fingerprint density at radius 3 is 0.533 bits per heavy atom. The number of hydrogen-bond donors (Lipinski definition) is 6. The van der Waals surface area contributed by atoms with Gasteiger partial charge in [-0.3, -0.25) is 0 Å². The molecule has 0 amide bonds. The largest absolute Gasteiger partial charge is 0.503 e. The van der Waals surface area contributed by atoms with Crippen molar-refractivity contribution in [3.8, 4) is 0 Å².